The first-order valence-corrected chi connectivity index (χ1v) is 8.42. The lowest BCUT2D eigenvalue weighted by Gasteiger charge is -2.34. The number of rotatable bonds is 5. The Bertz CT molecular complexity index is 836. The Kier molecular flexibility index (Phi) is 4.45. The Balaban J connectivity index is 1.85. The van der Waals surface area contributed by atoms with Crippen molar-refractivity contribution in [3.63, 3.8) is 0 Å². The summed E-state index contributed by atoms with van der Waals surface area (Å²) in [4.78, 5) is 16.5. The molecule has 0 saturated heterocycles. The summed E-state index contributed by atoms with van der Waals surface area (Å²) in [6, 6.07) is 5.78. The number of hydrogen-bond donors (Lipinski definition) is 1. The van der Waals surface area contributed by atoms with Crippen LogP contribution >= 0.6 is 0 Å². The number of para-hydroxylation sites is 1. The molecule has 1 N–H and O–H groups in total. The fourth-order valence-corrected chi connectivity index (χ4v) is 3.52. The van der Waals surface area contributed by atoms with Gasteiger partial charge in [0.1, 0.15) is 11.3 Å². The quantitative estimate of drug-likeness (QED) is 0.754. The van der Waals surface area contributed by atoms with Crippen LogP contribution in [0.3, 0.4) is 0 Å². The standard InChI is InChI=1S/C19H20F4N2O/c1-17(6-7-17)10-18(2,11-19(21,22)23)25-16(26)13-8-12-4-3-5-14(20)15(12)24-9-13/h3-5,8-9H,6-7,10-11H2,1-2H3,(H,25,26). The van der Waals surface area contributed by atoms with Gasteiger partial charge in [0.15, 0.2) is 0 Å². The number of nitrogens with zero attached hydrogens (tertiary/aromatic N) is 1. The Morgan fingerprint density at radius 3 is 2.62 bits per heavy atom. The topological polar surface area (TPSA) is 42.0 Å². The van der Waals surface area contributed by atoms with Crippen LogP contribution < -0.4 is 5.32 Å². The summed E-state index contributed by atoms with van der Waals surface area (Å²) in [7, 11) is 0. The zero-order valence-electron chi connectivity index (χ0n) is 14.6. The second kappa shape index (κ2) is 6.21. The van der Waals surface area contributed by atoms with E-state index in [0.717, 1.165) is 12.8 Å². The molecule has 1 aromatic heterocycles. The molecule has 1 heterocycles. The first kappa shape index (κ1) is 18.6. The van der Waals surface area contributed by atoms with Crippen molar-refractivity contribution in [1.82, 2.24) is 10.3 Å². The number of halogens is 4. The Labute approximate surface area is 148 Å². The zero-order chi connectivity index (χ0) is 19.2. The molecule has 140 valence electrons. The Morgan fingerprint density at radius 2 is 2.00 bits per heavy atom. The third-order valence-corrected chi connectivity index (χ3v) is 4.85. The molecule has 0 aliphatic heterocycles. The van der Waals surface area contributed by atoms with Gasteiger partial charge < -0.3 is 5.32 Å². The maximum Gasteiger partial charge on any atom is 0.391 e. The summed E-state index contributed by atoms with van der Waals surface area (Å²) < 4.78 is 52.8. The van der Waals surface area contributed by atoms with Gasteiger partial charge in [0.25, 0.3) is 5.91 Å². The van der Waals surface area contributed by atoms with E-state index in [-0.39, 0.29) is 22.9 Å². The number of carbonyl (C=O) groups is 1. The highest BCUT2D eigenvalue weighted by atomic mass is 19.4. The summed E-state index contributed by atoms with van der Waals surface area (Å²) in [5, 5.41) is 2.97. The molecule has 1 aliphatic carbocycles. The molecule has 1 fully saturated rings. The van der Waals surface area contributed by atoms with Gasteiger partial charge in [-0.1, -0.05) is 19.1 Å². The zero-order valence-corrected chi connectivity index (χ0v) is 14.6. The highest BCUT2D eigenvalue weighted by Crippen LogP contribution is 2.52. The van der Waals surface area contributed by atoms with E-state index < -0.39 is 29.9 Å². The predicted octanol–water partition coefficient (Wildman–Crippen LogP) is 5.01. The fourth-order valence-electron chi connectivity index (χ4n) is 3.52. The lowest BCUT2D eigenvalue weighted by atomic mass is 9.84. The molecule has 0 spiro atoms. The molecule has 7 heteroatoms. The van der Waals surface area contributed by atoms with Gasteiger partial charge in [0.2, 0.25) is 0 Å². The van der Waals surface area contributed by atoms with Gasteiger partial charge in [0, 0.05) is 17.1 Å². The fraction of sp³-hybridized carbons (Fsp3) is 0.474. The lowest BCUT2D eigenvalue weighted by molar-refractivity contribution is -0.149. The van der Waals surface area contributed by atoms with E-state index in [1.54, 1.807) is 6.07 Å². The number of hydrogen-bond acceptors (Lipinski definition) is 2. The van der Waals surface area contributed by atoms with E-state index in [4.69, 9.17) is 0 Å². The molecular weight excluding hydrogens is 348 g/mol. The highest BCUT2D eigenvalue weighted by molar-refractivity contribution is 5.97. The minimum absolute atomic E-state index is 0.109. The van der Waals surface area contributed by atoms with E-state index >= 15 is 0 Å². The van der Waals surface area contributed by atoms with Crippen LogP contribution in [-0.2, 0) is 0 Å². The van der Waals surface area contributed by atoms with Crippen LogP contribution in [0.4, 0.5) is 17.6 Å². The normalized spacial score (nSPS) is 18.4. The second-order valence-electron chi connectivity index (χ2n) is 7.83. The van der Waals surface area contributed by atoms with Crippen LogP contribution in [0.2, 0.25) is 0 Å². The van der Waals surface area contributed by atoms with Gasteiger partial charge in [-0.3, -0.25) is 9.78 Å². The van der Waals surface area contributed by atoms with Crippen molar-refractivity contribution in [2.75, 3.05) is 0 Å². The molecule has 1 saturated carbocycles. The van der Waals surface area contributed by atoms with Crippen molar-refractivity contribution in [1.29, 1.82) is 0 Å². The molecule has 1 aromatic carbocycles. The van der Waals surface area contributed by atoms with E-state index in [2.05, 4.69) is 10.3 Å². The van der Waals surface area contributed by atoms with Gasteiger partial charge in [0.05, 0.1) is 12.0 Å². The summed E-state index contributed by atoms with van der Waals surface area (Å²) in [6.45, 7) is 3.35. The highest BCUT2D eigenvalue weighted by Gasteiger charge is 2.48. The van der Waals surface area contributed by atoms with Crippen LogP contribution in [0.15, 0.2) is 30.5 Å². The average molecular weight is 368 g/mol. The van der Waals surface area contributed by atoms with E-state index in [1.807, 2.05) is 6.92 Å². The van der Waals surface area contributed by atoms with Gasteiger partial charge in [-0.2, -0.15) is 13.2 Å². The van der Waals surface area contributed by atoms with Gasteiger partial charge in [-0.25, -0.2) is 4.39 Å². The molecule has 1 aliphatic rings. The molecule has 2 aromatic rings. The summed E-state index contributed by atoms with van der Waals surface area (Å²) in [5.41, 5.74) is -1.35. The number of nitrogens with one attached hydrogen (secondary N) is 1. The number of amides is 1. The first-order chi connectivity index (χ1) is 12.0. The van der Waals surface area contributed by atoms with Crippen molar-refractivity contribution in [2.45, 2.75) is 51.2 Å². The van der Waals surface area contributed by atoms with Crippen molar-refractivity contribution < 1.29 is 22.4 Å². The Morgan fingerprint density at radius 1 is 1.31 bits per heavy atom. The van der Waals surface area contributed by atoms with Crippen LogP contribution in [0.25, 0.3) is 10.9 Å². The Hall–Kier alpha value is -2.18. The van der Waals surface area contributed by atoms with Crippen LogP contribution in [-0.4, -0.2) is 22.6 Å². The number of fused-ring (bicyclic) bond motifs is 1. The van der Waals surface area contributed by atoms with Crippen molar-refractivity contribution >= 4 is 16.8 Å². The average Bonchev–Trinajstić information content (AvgIpc) is 3.21. The molecule has 3 nitrogen and oxygen atoms in total. The molecule has 1 atom stereocenters. The minimum Gasteiger partial charge on any atom is -0.346 e. The molecule has 1 unspecified atom stereocenters. The molecule has 0 bridgehead atoms. The molecule has 3 rings (SSSR count). The van der Waals surface area contributed by atoms with Crippen molar-refractivity contribution in [3.8, 4) is 0 Å². The predicted molar refractivity (Wildman–Crippen MR) is 90.2 cm³/mol. The number of carbonyl (C=O) groups excluding carboxylic acids is 1. The second-order valence-corrected chi connectivity index (χ2v) is 7.83. The van der Waals surface area contributed by atoms with Gasteiger partial charge in [-0.05, 0) is 43.7 Å². The summed E-state index contributed by atoms with van der Waals surface area (Å²) in [5.74, 6) is -1.15. The van der Waals surface area contributed by atoms with E-state index in [0.29, 0.717) is 5.39 Å². The van der Waals surface area contributed by atoms with Crippen molar-refractivity contribution in [2.24, 2.45) is 5.41 Å². The van der Waals surface area contributed by atoms with Crippen LogP contribution in [0.5, 0.6) is 0 Å². The third kappa shape index (κ3) is 4.31. The molecule has 1 amide bonds. The van der Waals surface area contributed by atoms with Gasteiger partial charge in [-0.15, -0.1) is 0 Å². The maximum atomic E-state index is 13.7. The lowest BCUT2D eigenvalue weighted by Crippen LogP contribution is -2.50. The number of alkyl halides is 3. The first-order valence-electron chi connectivity index (χ1n) is 8.42. The summed E-state index contributed by atoms with van der Waals surface area (Å²) in [6.07, 6.45) is -2.34. The minimum atomic E-state index is -4.39. The number of benzene rings is 1. The SMILES string of the molecule is CC1(CC(C)(CC(F)(F)F)NC(=O)c2cnc3c(F)cccc3c2)CC1. The third-order valence-electron chi connectivity index (χ3n) is 4.85. The van der Waals surface area contributed by atoms with Crippen molar-refractivity contribution in [3.05, 3.63) is 41.8 Å². The smallest absolute Gasteiger partial charge is 0.346 e. The van der Waals surface area contributed by atoms with E-state index in [1.165, 1.54) is 31.3 Å². The molecular formula is C19H20F4N2O. The maximum absolute atomic E-state index is 13.7. The van der Waals surface area contributed by atoms with Crippen LogP contribution in [0, 0.1) is 11.2 Å². The van der Waals surface area contributed by atoms with E-state index in [9.17, 15) is 22.4 Å². The number of aromatic nitrogens is 1. The van der Waals surface area contributed by atoms with Gasteiger partial charge >= 0.3 is 6.18 Å². The number of pyridine rings is 1. The monoisotopic (exact) mass is 368 g/mol. The summed E-state index contributed by atoms with van der Waals surface area (Å²) >= 11 is 0. The van der Waals surface area contributed by atoms with Crippen LogP contribution in [0.1, 0.15) is 49.9 Å². The molecule has 0 radical (unpaired) electrons. The largest absolute Gasteiger partial charge is 0.391 e. The molecule has 26 heavy (non-hydrogen) atoms.